The zero-order valence-corrected chi connectivity index (χ0v) is 7.95. The van der Waals surface area contributed by atoms with Crippen LogP contribution in [0.4, 0.5) is 0 Å². The Balaban J connectivity index is 4.56. The SMILES string of the molecule is CC(C)(O)C(C)(O)OP(=O)(O)O. The Morgan fingerprint density at radius 3 is 1.58 bits per heavy atom. The molecule has 0 spiro atoms. The third kappa shape index (κ3) is 3.62. The van der Waals surface area contributed by atoms with Crippen LogP contribution in [0.5, 0.6) is 0 Å². The molecule has 0 rings (SSSR count). The molecule has 0 aliphatic rings. The van der Waals surface area contributed by atoms with Crippen LogP contribution < -0.4 is 0 Å². The predicted octanol–water partition coefficient (Wildman–Crippen LogP) is -0.425. The number of hydrogen-bond acceptors (Lipinski definition) is 4. The largest absolute Gasteiger partial charge is 0.472 e. The van der Waals surface area contributed by atoms with Crippen LogP contribution in [0.3, 0.4) is 0 Å². The van der Waals surface area contributed by atoms with Crippen molar-refractivity contribution in [1.82, 2.24) is 0 Å². The zero-order chi connectivity index (χ0) is 10.2. The molecule has 0 fully saturated rings. The molecule has 0 saturated carbocycles. The van der Waals surface area contributed by atoms with Crippen molar-refractivity contribution < 1.29 is 29.1 Å². The molecule has 0 aromatic carbocycles. The van der Waals surface area contributed by atoms with Gasteiger partial charge < -0.3 is 20.0 Å². The van der Waals surface area contributed by atoms with E-state index < -0.39 is 19.2 Å². The first-order valence-corrected chi connectivity index (χ1v) is 4.70. The molecule has 1 unspecified atom stereocenters. The van der Waals surface area contributed by atoms with Crippen LogP contribution in [0.2, 0.25) is 0 Å². The quantitative estimate of drug-likeness (QED) is 0.364. The molecular weight excluding hydrogens is 187 g/mol. The fourth-order valence-corrected chi connectivity index (χ4v) is 1.03. The lowest BCUT2D eigenvalue weighted by Crippen LogP contribution is -2.49. The van der Waals surface area contributed by atoms with Gasteiger partial charge in [-0.15, -0.1) is 0 Å². The van der Waals surface area contributed by atoms with Crippen molar-refractivity contribution in [3.63, 3.8) is 0 Å². The minimum absolute atomic E-state index is 0.964. The van der Waals surface area contributed by atoms with Gasteiger partial charge in [0, 0.05) is 0 Å². The lowest BCUT2D eigenvalue weighted by atomic mass is 10.0. The molecule has 0 bridgehead atoms. The number of aliphatic hydroxyl groups is 2. The molecule has 0 radical (unpaired) electrons. The minimum atomic E-state index is -4.79. The highest BCUT2D eigenvalue weighted by molar-refractivity contribution is 7.46. The second-order valence-corrected chi connectivity index (χ2v) is 4.29. The maximum atomic E-state index is 10.3. The molecule has 12 heavy (non-hydrogen) atoms. The molecular formula is C5H13O6P. The van der Waals surface area contributed by atoms with Crippen molar-refractivity contribution in [2.24, 2.45) is 0 Å². The Bertz CT molecular complexity index is 198. The summed E-state index contributed by atoms with van der Waals surface area (Å²) in [6.45, 7) is 3.30. The summed E-state index contributed by atoms with van der Waals surface area (Å²) in [4.78, 5) is 16.7. The van der Waals surface area contributed by atoms with Gasteiger partial charge in [0.2, 0.25) is 5.79 Å². The molecule has 1 atom stereocenters. The highest BCUT2D eigenvalue weighted by atomic mass is 31.2. The predicted molar refractivity (Wildman–Crippen MR) is 40.1 cm³/mol. The number of phosphoric acid groups is 1. The Morgan fingerprint density at radius 2 is 1.50 bits per heavy atom. The van der Waals surface area contributed by atoms with Gasteiger partial charge in [0.25, 0.3) is 0 Å². The Kier molecular flexibility index (Phi) is 3.07. The maximum absolute atomic E-state index is 10.3. The zero-order valence-electron chi connectivity index (χ0n) is 7.05. The van der Waals surface area contributed by atoms with E-state index >= 15 is 0 Å². The Labute approximate surface area is 70.0 Å². The summed E-state index contributed by atoms with van der Waals surface area (Å²) < 4.78 is 14.3. The van der Waals surface area contributed by atoms with Gasteiger partial charge in [-0.2, -0.15) is 0 Å². The van der Waals surface area contributed by atoms with Crippen LogP contribution in [0.1, 0.15) is 20.8 Å². The van der Waals surface area contributed by atoms with Crippen LogP contribution in [-0.2, 0) is 9.09 Å². The monoisotopic (exact) mass is 200 g/mol. The molecule has 7 heteroatoms. The molecule has 0 aliphatic carbocycles. The van der Waals surface area contributed by atoms with E-state index in [-0.39, 0.29) is 0 Å². The summed E-state index contributed by atoms with van der Waals surface area (Å²) in [5, 5.41) is 18.4. The van der Waals surface area contributed by atoms with Gasteiger partial charge in [0.1, 0.15) is 5.60 Å². The van der Waals surface area contributed by atoms with E-state index in [0.29, 0.717) is 0 Å². The van der Waals surface area contributed by atoms with Gasteiger partial charge >= 0.3 is 7.82 Å². The second-order valence-electron chi connectivity index (χ2n) is 3.12. The standard InChI is InChI=1S/C5H13O6P/c1-4(2,6)5(3,7)11-12(8,9)10/h6-7H,1-3H3,(H2,8,9,10). The lowest BCUT2D eigenvalue weighted by molar-refractivity contribution is -0.239. The van der Waals surface area contributed by atoms with E-state index in [9.17, 15) is 14.8 Å². The van der Waals surface area contributed by atoms with Gasteiger partial charge in [0.05, 0.1) is 0 Å². The van der Waals surface area contributed by atoms with Crippen LogP contribution in [0.15, 0.2) is 0 Å². The van der Waals surface area contributed by atoms with Gasteiger partial charge in [-0.25, -0.2) is 4.57 Å². The van der Waals surface area contributed by atoms with Crippen molar-refractivity contribution in [3.05, 3.63) is 0 Å². The van der Waals surface area contributed by atoms with Crippen LogP contribution >= 0.6 is 7.82 Å². The molecule has 0 amide bonds. The van der Waals surface area contributed by atoms with Crippen molar-refractivity contribution in [2.75, 3.05) is 0 Å². The summed E-state index contributed by atoms with van der Waals surface area (Å²) in [6.07, 6.45) is 0. The minimum Gasteiger partial charge on any atom is -0.385 e. The van der Waals surface area contributed by atoms with Gasteiger partial charge in [-0.05, 0) is 20.8 Å². The van der Waals surface area contributed by atoms with E-state index in [2.05, 4.69) is 4.52 Å². The smallest absolute Gasteiger partial charge is 0.385 e. The van der Waals surface area contributed by atoms with Crippen molar-refractivity contribution in [2.45, 2.75) is 32.2 Å². The average Bonchev–Trinajstić information content (AvgIpc) is 1.52. The van der Waals surface area contributed by atoms with Crippen molar-refractivity contribution in [1.29, 1.82) is 0 Å². The fraction of sp³-hybridized carbons (Fsp3) is 1.00. The normalized spacial score (nSPS) is 18.9. The lowest BCUT2D eigenvalue weighted by Gasteiger charge is -2.34. The Morgan fingerprint density at radius 1 is 1.17 bits per heavy atom. The van der Waals surface area contributed by atoms with E-state index in [1.807, 2.05) is 0 Å². The topological polar surface area (TPSA) is 107 Å². The molecule has 0 heterocycles. The third-order valence-electron chi connectivity index (χ3n) is 1.43. The molecule has 0 aliphatic heterocycles. The summed E-state index contributed by atoms with van der Waals surface area (Å²) in [6, 6.07) is 0. The Hall–Kier alpha value is 0.0300. The van der Waals surface area contributed by atoms with Crippen LogP contribution in [-0.4, -0.2) is 31.4 Å². The fourth-order valence-electron chi connectivity index (χ4n) is 0.343. The van der Waals surface area contributed by atoms with Gasteiger partial charge in [-0.3, -0.25) is 4.52 Å². The van der Waals surface area contributed by atoms with Crippen molar-refractivity contribution in [3.8, 4) is 0 Å². The van der Waals surface area contributed by atoms with E-state index in [0.717, 1.165) is 6.92 Å². The summed E-state index contributed by atoms with van der Waals surface area (Å²) in [5.74, 6) is -2.29. The number of phosphoric ester groups is 1. The first-order valence-electron chi connectivity index (χ1n) is 3.17. The first-order chi connectivity index (χ1) is 4.96. The van der Waals surface area contributed by atoms with Crippen LogP contribution in [0, 0.1) is 0 Å². The summed E-state index contributed by atoms with van der Waals surface area (Å²) in [7, 11) is -4.79. The molecule has 4 N–H and O–H groups in total. The molecule has 74 valence electrons. The molecule has 6 nitrogen and oxygen atoms in total. The average molecular weight is 200 g/mol. The maximum Gasteiger partial charge on any atom is 0.472 e. The molecule has 0 aromatic rings. The highest BCUT2D eigenvalue weighted by Crippen LogP contribution is 2.43. The number of hydrogen-bond donors (Lipinski definition) is 4. The third-order valence-corrected chi connectivity index (χ3v) is 2.03. The van der Waals surface area contributed by atoms with E-state index in [1.165, 1.54) is 13.8 Å². The van der Waals surface area contributed by atoms with Gasteiger partial charge in [0.15, 0.2) is 0 Å². The first kappa shape index (κ1) is 12.0. The highest BCUT2D eigenvalue weighted by Gasteiger charge is 2.43. The van der Waals surface area contributed by atoms with E-state index in [1.54, 1.807) is 0 Å². The number of rotatable bonds is 3. The molecule has 0 saturated heterocycles. The van der Waals surface area contributed by atoms with E-state index in [4.69, 9.17) is 9.79 Å². The summed E-state index contributed by atoms with van der Waals surface area (Å²) >= 11 is 0. The second kappa shape index (κ2) is 3.06. The molecule has 0 aromatic heterocycles. The summed E-state index contributed by atoms with van der Waals surface area (Å²) in [5.41, 5.74) is -1.76. The van der Waals surface area contributed by atoms with Gasteiger partial charge in [-0.1, -0.05) is 0 Å². The van der Waals surface area contributed by atoms with Crippen molar-refractivity contribution >= 4 is 7.82 Å². The van der Waals surface area contributed by atoms with Crippen LogP contribution in [0.25, 0.3) is 0 Å².